The van der Waals surface area contributed by atoms with Gasteiger partial charge in [0.05, 0.1) is 12.8 Å². The van der Waals surface area contributed by atoms with Crippen LogP contribution in [0.4, 0.5) is 10.1 Å². The van der Waals surface area contributed by atoms with E-state index in [4.69, 9.17) is 4.74 Å². The van der Waals surface area contributed by atoms with E-state index in [2.05, 4.69) is 6.58 Å². The van der Waals surface area contributed by atoms with Crippen LogP contribution in [0.5, 0.6) is 5.75 Å². The molecule has 1 unspecified atom stereocenters. The van der Waals surface area contributed by atoms with Gasteiger partial charge in [-0.05, 0) is 6.07 Å². The standard InChI is InChI=1S/C13H14FNO2/c1-3-9-4-13(16)15(8-9)11-5-10(14)6-12(7-11)17-2/h3,5-7,9H,1,4,8H2,2H3. The average Bonchev–Trinajstić information content (AvgIpc) is 2.69. The van der Waals surface area contributed by atoms with Crippen molar-refractivity contribution in [2.24, 2.45) is 5.92 Å². The van der Waals surface area contributed by atoms with Gasteiger partial charge < -0.3 is 9.64 Å². The van der Waals surface area contributed by atoms with Crippen molar-refractivity contribution in [3.05, 3.63) is 36.7 Å². The average molecular weight is 235 g/mol. The van der Waals surface area contributed by atoms with Crippen LogP contribution in [0.25, 0.3) is 0 Å². The van der Waals surface area contributed by atoms with Gasteiger partial charge in [-0.1, -0.05) is 6.08 Å². The molecule has 1 aliphatic rings. The zero-order valence-corrected chi connectivity index (χ0v) is 9.65. The first-order valence-corrected chi connectivity index (χ1v) is 5.41. The molecule has 0 saturated carbocycles. The summed E-state index contributed by atoms with van der Waals surface area (Å²) in [5.41, 5.74) is 0.538. The maximum Gasteiger partial charge on any atom is 0.227 e. The van der Waals surface area contributed by atoms with Crippen molar-refractivity contribution in [2.75, 3.05) is 18.6 Å². The van der Waals surface area contributed by atoms with E-state index in [-0.39, 0.29) is 11.8 Å². The molecule has 0 aromatic heterocycles. The lowest BCUT2D eigenvalue weighted by Gasteiger charge is -2.17. The highest BCUT2D eigenvalue weighted by atomic mass is 19.1. The number of rotatable bonds is 3. The zero-order valence-electron chi connectivity index (χ0n) is 9.65. The third-order valence-electron chi connectivity index (χ3n) is 2.89. The van der Waals surface area contributed by atoms with Gasteiger partial charge in [0.15, 0.2) is 0 Å². The molecule has 17 heavy (non-hydrogen) atoms. The molecular weight excluding hydrogens is 221 g/mol. The first-order chi connectivity index (χ1) is 8.13. The van der Waals surface area contributed by atoms with Gasteiger partial charge >= 0.3 is 0 Å². The second-order valence-corrected chi connectivity index (χ2v) is 4.05. The van der Waals surface area contributed by atoms with E-state index in [9.17, 15) is 9.18 Å². The summed E-state index contributed by atoms with van der Waals surface area (Å²) in [6.07, 6.45) is 2.19. The first kappa shape index (κ1) is 11.6. The van der Waals surface area contributed by atoms with Crippen molar-refractivity contribution in [3.8, 4) is 5.75 Å². The quantitative estimate of drug-likeness (QED) is 0.753. The van der Waals surface area contributed by atoms with Crippen molar-refractivity contribution < 1.29 is 13.9 Å². The number of anilines is 1. The highest BCUT2D eigenvalue weighted by molar-refractivity contribution is 5.96. The Morgan fingerprint density at radius 2 is 2.29 bits per heavy atom. The molecule has 1 aromatic rings. The minimum atomic E-state index is -0.408. The topological polar surface area (TPSA) is 29.5 Å². The number of ether oxygens (including phenoxy) is 1. The summed E-state index contributed by atoms with van der Waals surface area (Å²) in [6.45, 7) is 4.23. The van der Waals surface area contributed by atoms with E-state index in [1.165, 1.54) is 19.2 Å². The summed E-state index contributed by atoms with van der Waals surface area (Å²) in [6, 6.07) is 4.29. The third kappa shape index (κ3) is 2.30. The van der Waals surface area contributed by atoms with Crippen LogP contribution in [-0.4, -0.2) is 19.6 Å². The molecule has 90 valence electrons. The van der Waals surface area contributed by atoms with Crippen LogP contribution < -0.4 is 9.64 Å². The first-order valence-electron chi connectivity index (χ1n) is 5.41. The predicted octanol–water partition coefficient (Wildman–Crippen LogP) is 2.37. The Morgan fingerprint density at radius 1 is 1.53 bits per heavy atom. The zero-order chi connectivity index (χ0) is 12.4. The van der Waals surface area contributed by atoms with Gasteiger partial charge in [-0.2, -0.15) is 0 Å². The van der Waals surface area contributed by atoms with Crippen molar-refractivity contribution in [1.82, 2.24) is 0 Å². The van der Waals surface area contributed by atoms with E-state index >= 15 is 0 Å². The van der Waals surface area contributed by atoms with Crippen molar-refractivity contribution >= 4 is 11.6 Å². The van der Waals surface area contributed by atoms with E-state index in [1.54, 1.807) is 17.0 Å². The number of amides is 1. The van der Waals surface area contributed by atoms with Crippen molar-refractivity contribution in [1.29, 1.82) is 0 Å². The Labute approximate surface area is 99.5 Å². The Kier molecular flexibility index (Phi) is 3.13. The number of carbonyl (C=O) groups excluding carboxylic acids is 1. The fourth-order valence-corrected chi connectivity index (χ4v) is 1.96. The number of benzene rings is 1. The highest BCUT2D eigenvalue weighted by Gasteiger charge is 2.29. The number of hydrogen-bond acceptors (Lipinski definition) is 2. The summed E-state index contributed by atoms with van der Waals surface area (Å²) in [4.78, 5) is 13.3. The second-order valence-electron chi connectivity index (χ2n) is 4.05. The molecule has 4 heteroatoms. The van der Waals surface area contributed by atoms with Gasteiger partial charge in [-0.3, -0.25) is 4.79 Å². The Bertz CT molecular complexity index is 459. The fourth-order valence-electron chi connectivity index (χ4n) is 1.96. The molecule has 0 N–H and O–H groups in total. The molecule has 1 atom stereocenters. The molecule has 1 amide bonds. The molecule has 1 saturated heterocycles. The van der Waals surface area contributed by atoms with Crippen LogP contribution in [0.2, 0.25) is 0 Å². The van der Waals surface area contributed by atoms with Crippen molar-refractivity contribution in [3.63, 3.8) is 0 Å². The van der Waals surface area contributed by atoms with E-state index in [0.29, 0.717) is 24.4 Å². The molecule has 0 radical (unpaired) electrons. The van der Waals surface area contributed by atoms with Crippen molar-refractivity contribution in [2.45, 2.75) is 6.42 Å². The number of nitrogens with zero attached hydrogens (tertiary/aromatic N) is 1. The third-order valence-corrected chi connectivity index (χ3v) is 2.89. The summed E-state index contributed by atoms with van der Waals surface area (Å²) in [5.74, 6) is 0.128. The minimum absolute atomic E-state index is 0.0115. The molecule has 0 spiro atoms. The van der Waals surface area contributed by atoms with E-state index in [1.807, 2.05) is 0 Å². The van der Waals surface area contributed by atoms with Crippen LogP contribution in [0, 0.1) is 11.7 Å². The molecule has 1 aliphatic heterocycles. The largest absolute Gasteiger partial charge is 0.497 e. The summed E-state index contributed by atoms with van der Waals surface area (Å²) in [5, 5.41) is 0. The number of hydrogen-bond donors (Lipinski definition) is 0. The second kappa shape index (κ2) is 4.57. The summed E-state index contributed by atoms with van der Waals surface area (Å²) < 4.78 is 18.3. The van der Waals surface area contributed by atoms with Gasteiger partial charge in [-0.25, -0.2) is 4.39 Å². The molecule has 1 aromatic carbocycles. The van der Waals surface area contributed by atoms with Gasteiger partial charge in [0.1, 0.15) is 11.6 Å². The van der Waals surface area contributed by atoms with Crippen LogP contribution >= 0.6 is 0 Å². The van der Waals surface area contributed by atoms with Gasteiger partial charge in [0.2, 0.25) is 5.91 Å². The molecular formula is C13H14FNO2. The maximum absolute atomic E-state index is 13.3. The SMILES string of the molecule is C=CC1CC(=O)N(c2cc(F)cc(OC)c2)C1. The predicted molar refractivity (Wildman–Crippen MR) is 63.6 cm³/mol. The number of carbonyl (C=O) groups is 1. The lowest BCUT2D eigenvalue weighted by molar-refractivity contribution is -0.117. The lowest BCUT2D eigenvalue weighted by atomic mass is 10.1. The molecule has 1 heterocycles. The molecule has 3 nitrogen and oxygen atoms in total. The molecule has 0 bridgehead atoms. The Balaban J connectivity index is 2.31. The Morgan fingerprint density at radius 3 is 2.88 bits per heavy atom. The van der Waals surface area contributed by atoms with Crippen LogP contribution in [-0.2, 0) is 4.79 Å². The monoisotopic (exact) mass is 235 g/mol. The van der Waals surface area contributed by atoms with E-state index in [0.717, 1.165) is 0 Å². The number of methoxy groups -OCH3 is 1. The number of halogens is 1. The molecule has 0 aliphatic carbocycles. The normalized spacial score (nSPS) is 19.5. The molecule has 1 fully saturated rings. The highest BCUT2D eigenvalue weighted by Crippen LogP contribution is 2.29. The summed E-state index contributed by atoms with van der Waals surface area (Å²) in [7, 11) is 1.47. The lowest BCUT2D eigenvalue weighted by Crippen LogP contribution is -2.24. The maximum atomic E-state index is 13.3. The van der Waals surface area contributed by atoms with Crippen LogP contribution in [0.15, 0.2) is 30.9 Å². The van der Waals surface area contributed by atoms with Crippen LogP contribution in [0.3, 0.4) is 0 Å². The smallest absolute Gasteiger partial charge is 0.227 e. The minimum Gasteiger partial charge on any atom is -0.497 e. The summed E-state index contributed by atoms with van der Waals surface area (Å²) >= 11 is 0. The van der Waals surface area contributed by atoms with Crippen LogP contribution in [0.1, 0.15) is 6.42 Å². The van der Waals surface area contributed by atoms with E-state index < -0.39 is 5.82 Å². The fraction of sp³-hybridized carbons (Fsp3) is 0.308. The Hall–Kier alpha value is -1.84. The van der Waals surface area contributed by atoms with Gasteiger partial charge in [-0.15, -0.1) is 6.58 Å². The molecule has 2 rings (SSSR count). The van der Waals surface area contributed by atoms with Gasteiger partial charge in [0.25, 0.3) is 0 Å². The van der Waals surface area contributed by atoms with Gasteiger partial charge in [0, 0.05) is 31.0 Å².